The van der Waals surface area contributed by atoms with Crippen molar-refractivity contribution in [1.82, 2.24) is 19.9 Å². The molecular formula is C13H16N4. The Morgan fingerprint density at radius 3 is 2.88 bits per heavy atom. The van der Waals surface area contributed by atoms with Gasteiger partial charge in [-0.2, -0.15) is 0 Å². The summed E-state index contributed by atoms with van der Waals surface area (Å²) in [6.45, 7) is 0. The van der Waals surface area contributed by atoms with Gasteiger partial charge in [-0.1, -0.05) is 25.3 Å². The molecule has 17 heavy (non-hydrogen) atoms. The van der Waals surface area contributed by atoms with E-state index in [1.807, 2.05) is 0 Å². The number of imidazole rings is 1. The smallest absolute Gasteiger partial charge is 0.181 e. The van der Waals surface area contributed by atoms with E-state index in [1.54, 1.807) is 12.7 Å². The third-order valence-corrected chi connectivity index (χ3v) is 3.43. The monoisotopic (exact) mass is 228 g/mol. The standard InChI is InChI=1S/C13H16N4/c1-2-4-10(5-3-1)6-7-11-12-13(16-8-14-11)17-9-15-12/h6-10H,1-5H2,(H,14,15,16,17). The molecule has 0 radical (unpaired) electrons. The fraction of sp³-hybridized carbons (Fsp3) is 0.462. The molecule has 3 rings (SSSR count). The molecule has 0 amide bonds. The van der Waals surface area contributed by atoms with Crippen LogP contribution in [0.4, 0.5) is 0 Å². The first-order valence-electron chi connectivity index (χ1n) is 6.26. The topological polar surface area (TPSA) is 54.5 Å². The third kappa shape index (κ3) is 2.20. The molecule has 0 bridgehead atoms. The van der Waals surface area contributed by atoms with Gasteiger partial charge in [0.2, 0.25) is 0 Å². The minimum atomic E-state index is 0.719. The van der Waals surface area contributed by atoms with Gasteiger partial charge in [0.15, 0.2) is 5.65 Å². The van der Waals surface area contributed by atoms with Crippen LogP contribution in [0.25, 0.3) is 17.2 Å². The normalized spacial score (nSPS) is 18.1. The maximum atomic E-state index is 4.29. The van der Waals surface area contributed by atoms with E-state index in [0.717, 1.165) is 22.8 Å². The molecule has 4 nitrogen and oxygen atoms in total. The van der Waals surface area contributed by atoms with Crippen molar-refractivity contribution in [3.8, 4) is 0 Å². The largest absolute Gasteiger partial charge is 0.341 e. The number of hydrogen-bond donors (Lipinski definition) is 1. The minimum absolute atomic E-state index is 0.719. The Balaban J connectivity index is 1.83. The van der Waals surface area contributed by atoms with Gasteiger partial charge in [-0.25, -0.2) is 15.0 Å². The quantitative estimate of drug-likeness (QED) is 0.859. The lowest BCUT2D eigenvalue weighted by molar-refractivity contribution is 0.420. The van der Waals surface area contributed by atoms with Crippen LogP contribution in [0, 0.1) is 5.92 Å². The fourth-order valence-electron chi connectivity index (χ4n) is 2.46. The second-order valence-electron chi connectivity index (χ2n) is 4.62. The lowest BCUT2D eigenvalue weighted by atomic mass is 9.89. The van der Waals surface area contributed by atoms with Crippen molar-refractivity contribution in [2.24, 2.45) is 5.92 Å². The average molecular weight is 228 g/mol. The predicted octanol–water partition coefficient (Wildman–Crippen LogP) is 2.95. The molecule has 88 valence electrons. The molecule has 2 aromatic heterocycles. The van der Waals surface area contributed by atoms with Gasteiger partial charge in [0.05, 0.1) is 12.0 Å². The van der Waals surface area contributed by atoms with Crippen molar-refractivity contribution in [3.63, 3.8) is 0 Å². The number of aromatic amines is 1. The van der Waals surface area contributed by atoms with Crippen LogP contribution in [0.5, 0.6) is 0 Å². The Morgan fingerprint density at radius 2 is 2.00 bits per heavy atom. The molecule has 1 aliphatic carbocycles. The first-order valence-corrected chi connectivity index (χ1v) is 6.26. The summed E-state index contributed by atoms with van der Waals surface area (Å²) in [5.41, 5.74) is 2.61. The second kappa shape index (κ2) is 4.65. The molecule has 2 heterocycles. The number of nitrogens with zero attached hydrogens (tertiary/aromatic N) is 3. The van der Waals surface area contributed by atoms with Crippen LogP contribution in [0.2, 0.25) is 0 Å². The van der Waals surface area contributed by atoms with Gasteiger partial charge in [0, 0.05) is 0 Å². The van der Waals surface area contributed by atoms with E-state index in [9.17, 15) is 0 Å². The molecule has 0 aromatic carbocycles. The van der Waals surface area contributed by atoms with Crippen molar-refractivity contribution in [2.45, 2.75) is 32.1 Å². The molecule has 0 saturated heterocycles. The molecule has 4 heteroatoms. The maximum absolute atomic E-state index is 4.29. The Morgan fingerprint density at radius 1 is 1.12 bits per heavy atom. The number of fused-ring (bicyclic) bond motifs is 1. The number of hydrogen-bond acceptors (Lipinski definition) is 3. The van der Waals surface area contributed by atoms with Crippen LogP contribution >= 0.6 is 0 Å². The van der Waals surface area contributed by atoms with Gasteiger partial charge in [-0.15, -0.1) is 0 Å². The van der Waals surface area contributed by atoms with Crippen molar-refractivity contribution in [3.05, 3.63) is 24.4 Å². The number of aromatic nitrogens is 4. The number of nitrogens with one attached hydrogen (secondary N) is 1. The van der Waals surface area contributed by atoms with E-state index >= 15 is 0 Å². The first kappa shape index (κ1) is 10.4. The average Bonchev–Trinajstić information content (AvgIpc) is 2.86. The summed E-state index contributed by atoms with van der Waals surface area (Å²) >= 11 is 0. The van der Waals surface area contributed by atoms with Gasteiger partial charge in [0.25, 0.3) is 0 Å². The molecule has 0 atom stereocenters. The van der Waals surface area contributed by atoms with Crippen LogP contribution < -0.4 is 0 Å². The van der Waals surface area contributed by atoms with Crippen LogP contribution in [-0.4, -0.2) is 19.9 Å². The van der Waals surface area contributed by atoms with E-state index in [0.29, 0.717) is 0 Å². The summed E-state index contributed by atoms with van der Waals surface area (Å²) < 4.78 is 0. The number of allylic oxidation sites excluding steroid dienone is 1. The van der Waals surface area contributed by atoms with Gasteiger partial charge < -0.3 is 4.98 Å². The van der Waals surface area contributed by atoms with Crippen LogP contribution in [0.1, 0.15) is 37.8 Å². The van der Waals surface area contributed by atoms with Crippen molar-refractivity contribution in [1.29, 1.82) is 0 Å². The van der Waals surface area contributed by atoms with Crippen LogP contribution in [0.15, 0.2) is 18.7 Å². The second-order valence-corrected chi connectivity index (χ2v) is 4.62. The van der Waals surface area contributed by atoms with Crippen LogP contribution in [0.3, 0.4) is 0 Å². The highest BCUT2D eigenvalue weighted by Gasteiger charge is 2.10. The summed E-state index contributed by atoms with van der Waals surface area (Å²) in [7, 11) is 0. The number of rotatable bonds is 2. The molecule has 0 aliphatic heterocycles. The lowest BCUT2D eigenvalue weighted by Gasteiger charge is -2.17. The Labute approximate surface area is 100 Å². The SMILES string of the molecule is C(=CC1CCCCC1)c1ncnc2nc[nH]c12. The molecule has 1 aliphatic rings. The highest BCUT2D eigenvalue weighted by molar-refractivity contribution is 5.78. The molecule has 1 saturated carbocycles. The summed E-state index contributed by atoms with van der Waals surface area (Å²) in [6.07, 6.45) is 14.4. The summed E-state index contributed by atoms with van der Waals surface area (Å²) in [4.78, 5) is 15.6. The highest BCUT2D eigenvalue weighted by atomic mass is 15.0. The van der Waals surface area contributed by atoms with E-state index in [1.165, 1.54) is 32.1 Å². The Bertz CT molecular complexity index is 523. The van der Waals surface area contributed by atoms with Gasteiger partial charge in [0.1, 0.15) is 11.8 Å². The number of H-pyrrole nitrogens is 1. The summed E-state index contributed by atoms with van der Waals surface area (Å²) in [5, 5.41) is 0. The molecule has 0 unspecified atom stereocenters. The zero-order valence-electron chi connectivity index (χ0n) is 9.76. The maximum Gasteiger partial charge on any atom is 0.181 e. The molecule has 2 aromatic rings. The predicted molar refractivity (Wildman–Crippen MR) is 67.3 cm³/mol. The third-order valence-electron chi connectivity index (χ3n) is 3.43. The van der Waals surface area contributed by atoms with Crippen molar-refractivity contribution >= 4 is 17.2 Å². The van der Waals surface area contributed by atoms with E-state index in [-0.39, 0.29) is 0 Å². The first-order chi connectivity index (χ1) is 8.43. The zero-order valence-corrected chi connectivity index (χ0v) is 9.76. The Kier molecular flexibility index (Phi) is 2.86. The van der Waals surface area contributed by atoms with Gasteiger partial charge in [-0.05, 0) is 24.8 Å². The molecule has 0 spiro atoms. The molecule has 1 N–H and O–H groups in total. The minimum Gasteiger partial charge on any atom is -0.341 e. The van der Waals surface area contributed by atoms with Gasteiger partial charge in [-0.3, -0.25) is 0 Å². The zero-order chi connectivity index (χ0) is 11.5. The van der Waals surface area contributed by atoms with E-state index < -0.39 is 0 Å². The summed E-state index contributed by atoms with van der Waals surface area (Å²) in [5.74, 6) is 0.719. The van der Waals surface area contributed by atoms with Crippen molar-refractivity contribution in [2.75, 3.05) is 0 Å². The molecule has 1 fully saturated rings. The summed E-state index contributed by atoms with van der Waals surface area (Å²) in [6, 6.07) is 0. The van der Waals surface area contributed by atoms with Crippen molar-refractivity contribution < 1.29 is 0 Å². The molecular weight excluding hydrogens is 212 g/mol. The van der Waals surface area contributed by atoms with E-state index in [4.69, 9.17) is 0 Å². The van der Waals surface area contributed by atoms with E-state index in [2.05, 4.69) is 32.1 Å². The Hall–Kier alpha value is -1.71. The van der Waals surface area contributed by atoms with Gasteiger partial charge >= 0.3 is 0 Å². The fourth-order valence-corrected chi connectivity index (χ4v) is 2.46. The lowest BCUT2D eigenvalue weighted by Crippen LogP contribution is -2.02. The highest BCUT2D eigenvalue weighted by Crippen LogP contribution is 2.25. The van der Waals surface area contributed by atoms with Crippen LogP contribution in [-0.2, 0) is 0 Å².